The number of hydrogen-bond donors (Lipinski definition) is 0. The molecule has 1 unspecified atom stereocenters. The van der Waals surface area contributed by atoms with Crippen molar-refractivity contribution in [3.05, 3.63) is 28.7 Å². The molecule has 0 saturated carbocycles. The van der Waals surface area contributed by atoms with Gasteiger partial charge in [0.25, 0.3) is 5.56 Å². The molecule has 0 aliphatic carbocycles. The minimum atomic E-state index is -0.00456. The average Bonchev–Trinajstić information content (AvgIpc) is 2.81. The standard InChI is InChI=1S/C13H19N3O2/c17-13-4-1-5-14-16(13)9-11-7-15(8-11)10-12-3-2-6-18-12/h1,4-5,11-12H,2-3,6-10H2. The lowest BCUT2D eigenvalue weighted by Gasteiger charge is -2.40. The van der Waals surface area contributed by atoms with Crippen molar-refractivity contribution in [3.8, 4) is 0 Å². The summed E-state index contributed by atoms with van der Waals surface area (Å²) in [5.41, 5.74) is -0.00456. The molecule has 2 fully saturated rings. The topological polar surface area (TPSA) is 47.4 Å². The second-order valence-corrected chi connectivity index (χ2v) is 5.26. The Morgan fingerprint density at radius 1 is 1.39 bits per heavy atom. The van der Waals surface area contributed by atoms with Crippen LogP contribution in [-0.4, -0.2) is 47.0 Å². The van der Waals surface area contributed by atoms with E-state index < -0.39 is 0 Å². The monoisotopic (exact) mass is 249 g/mol. The molecule has 1 aromatic heterocycles. The normalized spacial score (nSPS) is 25.2. The Hall–Kier alpha value is -1.20. The van der Waals surface area contributed by atoms with Crippen LogP contribution >= 0.6 is 0 Å². The minimum Gasteiger partial charge on any atom is -0.377 e. The Kier molecular flexibility index (Phi) is 3.43. The molecule has 0 radical (unpaired) electrons. The van der Waals surface area contributed by atoms with E-state index in [0.29, 0.717) is 12.0 Å². The fourth-order valence-electron chi connectivity index (χ4n) is 2.79. The fraction of sp³-hybridized carbons (Fsp3) is 0.692. The largest absolute Gasteiger partial charge is 0.377 e. The first kappa shape index (κ1) is 11.9. The maximum atomic E-state index is 11.5. The van der Waals surface area contributed by atoms with E-state index in [1.54, 1.807) is 23.0 Å². The molecule has 3 heterocycles. The maximum Gasteiger partial charge on any atom is 0.266 e. The van der Waals surface area contributed by atoms with Crippen molar-refractivity contribution in [1.82, 2.24) is 14.7 Å². The lowest BCUT2D eigenvalue weighted by Crippen LogP contribution is -2.51. The minimum absolute atomic E-state index is 0.00456. The van der Waals surface area contributed by atoms with Gasteiger partial charge in [-0.05, 0) is 18.9 Å². The van der Waals surface area contributed by atoms with Crippen molar-refractivity contribution in [2.75, 3.05) is 26.2 Å². The lowest BCUT2D eigenvalue weighted by molar-refractivity contribution is 0.0178. The molecule has 0 bridgehead atoms. The molecule has 1 aromatic rings. The zero-order chi connectivity index (χ0) is 12.4. The van der Waals surface area contributed by atoms with E-state index in [4.69, 9.17) is 4.74 Å². The van der Waals surface area contributed by atoms with Crippen molar-refractivity contribution in [2.45, 2.75) is 25.5 Å². The van der Waals surface area contributed by atoms with Crippen LogP contribution in [0, 0.1) is 5.92 Å². The van der Waals surface area contributed by atoms with Gasteiger partial charge in [0.15, 0.2) is 0 Å². The molecule has 5 heteroatoms. The van der Waals surface area contributed by atoms with E-state index in [0.717, 1.165) is 32.8 Å². The Bertz CT molecular complexity index is 448. The molecule has 2 aliphatic heterocycles. The zero-order valence-electron chi connectivity index (χ0n) is 10.5. The van der Waals surface area contributed by atoms with E-state index in [-0.39, 0.29) is 5.56 Å². The predicted molar refractivity (Wildman–Crippen MR) is 67.4 cm³/mol. The maximum absolute atomic E-state index is 11.5. The first-order valence-corrected chi connectivity index (χ1v) is 6.67. The Labute approximate surface area is 106 Å². The van der Waals surface area contributed by atoms with Crippen LogP contribution < -0.4 is 5.56 Å². The van der Waals surface area contributed by atoms with Gasteiger partial charge in [0.1, 0.15) is 0 Å². The summed E-state index contributed by atoms with van der Waals surface area (Å²) in [7, 11) is 0. The molecule has 1 atom stereocenters. The molecule has 0 amide bonds. The van der Waals surface area contributed by atoms with E-state index in [1.165, 1.54) is 12.8 Å². The molecular weight excluding hydrogens is 230 g/mol. The van der Waals surface area contributed by atoms with Crippen molar-refractivity contribution in [3.63, 3.8) is 0 Å². The molecule has 0 N–H and O–H groups in total. The summed E-state index contributed by atoms with van der Waals surface area (Å²) >= 11 is 0. The Morgan fingerprint density at radius 3 is 3.00 bits per heavy atom. The third-order valence-electron chi connectivity index (χ3n) is 3.74. The van der Waals surface area contributed by atoms with Gasteiger partial charge < -0.3 is 4.74 Å². The SMILES string of the molecule is O=c1cccnn1CC1CN(CC2CCCO2)C1. The van der Waals surface area contributed by atoms with Crippen LogP contribution in [0.1, 0.15) is 12.8 Å². The van der Waals surface area contributed by atoms with Crippen molar-refractivity contribution < 1.29 is 4.74 Å². The number of ether oxygens (including phenoxy) is 1. The van der Waals surface area contributed by atoms with Crippen LogP contribution in [-0.2, 0) is 11.3 Å². The fourth-order valence-corrected chi connectivity index (χ4v) is 2.79. The van der Waals surface area contributed by atoms with E-state index in [2.05, 4.69) is 10.00 Å². The number of hydrogen-bond acceptors (Lipinski definition) is 4. The zero-order valence-corrected chi connectivity index (χ0v) is 10.5. The molecule has 98 valence electrons. The molecule has 2 saturated heterocycles. The summed E-state index contributed by atoms with van der Waals surface area (Å²) in [4.78, 5) is 13.9. The lowest BCUT2D eigenvalue weighted by atomic mass is 9.99. The van der Waals surface area contributed by atoms with Crippen molar-refractivity contribution >= 4 is 0 Å². The summed E-state index contributed by atoms with van der Waals surface area (Å²) in [6.45, 7) is 4.83. The summed E-state index contributed by atoms with van der Waals surface area (Å²) < 4.78 is 7.19. The third-order valence-corrected chi connectivity index (χ3v) is 3.74. The summed E-state index contributed by atoms with van der Waals surface area (Å²) in [5.74, 6) is 0.555. The average molecular weight is 249 g/mol. The molecular formula is C13H19N3O2. The van der Waals surface area contributed by atoms with Crippen molar-refractivity contribution in [1.29, 1.82) is 0 Å². The highest BCUT2D eigenvalue weighted by Crippen LogP contribution is 2.20. The van der Waals surface area contributed by atoms with E-state index in [9.17, 15) is 4.79 Å². The third kappa shape index (κ3) is 2.62. The summed E-state index contributed by atoms with van der Waals surface area (Å²) in [6, 6.07) is 3.25. The Balaban J connectivity index is 1.45. The van der Waals surface area contributed by atoms with Crippen LogP contribution in [0.3, 0.4) is 0 Å². The van der Waals surface area contributed by atoms with Gasteiger partial charge in [-0.3, -0.25) is 9.69 Å². The molecule has 0 aromatic carbocycles. The van der Waals surface area contributed by atoms with Crippen LogP contribution in [0.5, 0.6) is 0 Å². The molecule has 5 nitrogen and oxygen atoms in total. The summed E-state index contributed by atoms with van der Waals surface area (Å²) in [6.07, 6.45) is 4.50. The van der Waals surface area contributed by atoms with Gasteiger partial charge in [0, 0.05) is 44.4 Å². The molecule has 3 rings (SSSR count). The van der Waals surface area contributed by atoms with Gasteiger partial charge in [0.05, 0.1) is 12.6 Å². The second-order valence-electron chi connectivity index (χ2n) is 5.26. The smallest absolute Gasteiger partial charge is 0.266 e. The highest BCUT2D eigenvalue weighted by molar-refractivity contribution is 4.87. The highest BCUT2D eigenvalue weighted by Gasteiger charge is 2.30. The van der Waals surface area contributed by atoms with Crippen LogP contribution in [0.2, 0.25) is 0 Å². The van der Waals surface area contributed by atoms with Crippen molar-refractivity contribution in [2.24, 2.45) is 5.92 Å². The van der Waals surface area contributed by atoms with Crippen LogP contribution in [0.4, 0.5) is 0 Å². The van der Waals surface area contributed by atoms with E-state index >= 15 is 0 Å². The predicted octanol–water partition coefficient (Wildman–Crippen LogP) is 0.354. The van der Waals surface area contributed by atoms with Crippen LogP contribution in [0.25, 0.3) is 0 Å². The highest BCUT2D eigenvalue weighted by atomic mass is 16.5. The van der Waals surface area contributed by atoms with Gasteiger partial charge in [0.2, 0.25) is 0 Å². The van der Waals surface area contributed by atoms with Gasteiger partial charge in [-0.2, -0.15) is 5.10 Å². The van der Waals surface area contributed by atoms with Gasteiger partial charge >= 0.3 is 0 Å². The van der Waals surface area contributed by atoms with Gasteiger partial charge in [-0.25, -0.2) is 4.68 Å². The number of likely N-dealkylation sites (tertiary alicyclic amines) is 1. The molecule has 0 spiro atoms. The second kappa shape index (κ2) is 5.20. The first-order valence-electron chi connectivity index (χ1n) is 6.67. The Morgan fingerprint density at radius 2 is 2.28 bits per heavy atom. The summed E-state index contributed by atoms with van der Waals surface area (Å²) in [5, 5.41) is 4.09. The first-order chi connectivity index (χ1) is 8.81. The quantitative estimate of drug-likeness (QED) is 0.773. The number of nitrogens with zero attached hydrogens (tertiary/aromatic N) is 3. The van der Waals surface area contributed by atoms with E-state index in [1.807, 2.05) is 0 Å². The molecule has 18 heavy (non-hydrogen) atoms. The van der Waals surface area contributed by atoms with Crippen LogP contribution in [0.15, 0.2) is 23.1 Å². The number of aromatic nitrogens is 2. The molecule has 2 aliphatic rings. The number of rotatable bonds is 4. The van der Waals surface area contributed by atoms with Gasteiger partial charge in [-0.15, -0.1) is 0 Å². The van der Waals surface area contributed by atoms with Gasteiger partial charge in [-0.1, -0.05) is 0 Å².